The van der Waals surface area contributed by atoms with Crippen molar-refractivity contribution in [2.45, 2.75) is 0 Å². The molecule has 0 fully saturated rings. The Kier molecular flexibility index (Phi) is 2.74. The van der Waals surface area contributed by atoms with Gasteiger partial charge in [-0.1, -0.05) is 0 Å². The smallest absolute Gasteiger partial charge is 0.249 e. The van der Waals surface area contributed by atoms with Gasteiger partial charge in [-0.25, -0.2) is 4.98 Å². The van der Waals surface area contributed by atoms with E-state index in [1.54, 1.807) is 0 Å². The third-order valence-electron chi connectivity index (χ3n) is 0.855. The summed E-state index contributed by atoms with van der Waals surface area (Å²) >= 11 is 5.21. The van der Waals surface area contributed by atoms with Gasteiger partial charge in [-0.2, -0.15) is 5.10 Å². The molecule has 1 aromatic rings. The van der Waals surface area contributed by atoms with Crippen molar-refractivity contribution in [3.05, 3.63) is 12.4 Å². The topological polar surface area (TPSA) is 67.8 Å². The maximum Gasteiger partial charge on any atom is 0.249 e. The van der Waals surface area contributed by atoms with E-state index in [0.717, 1.165) is 0 Å². The molecule has 5 nitrogen and oxygen atoms in total. The Hall–Kier alpha value is -1.23. The van der Waals surface area contributed by atoms with E-state index in [1.807, 2.05) is 0 Å². The van der Waals surface area contributed by atoms with Crippen molar-refractivity contribution >= 4 is 23.5 Å². The average Bonchev–Trinajstić information content (AvgIpc) is 2.06. The third kappa shape index (κ3) is 2.46. The zero-order chi connectivity index (χ0) is 8.10. The van der Waals surface area contributed by atoms with Crippen molar-refractivity contribution in [3.8, 4) is 0 Å². The van der Waals surface area contributed by atoms with Crippen molar-refractivity contribution in [1.82, 2.24) is 15.2 Å². The van der Waals surface area contributed by atoms with E-state index < -0.39 is 0 Å². The lowest BCUT2D eigenvalue weighted by Gasteiger charge is -1.96. The highest BCUT2D eigenvalue weighted by atomic mass is 35.5. The number of nitrogens with zero attached hydrogens (tertiary/aromatic N) is 3. The van der Waals surface area contributed by atoms with Gasteiger partial charge in [0, 0.05) is 0 Å². The van der Waals surface area contributed by atoms with Crippen LogP contribution in [0.4, 0.5) is 5.95 Å². The zero-order valence-electron chi connectivity index (χ0n) is 5.49. The van der Waals surface area contributed by atoms with Crippen LogP contribution >= 0.6 is 11.6 Å². The summed E-state index contributed by atoms with van der Waals surface area (Å²) in [4.78, 5) is 14.3. The SMILES string of the molecule is O=C(CCl)Nc1nccnn1. The molecular weight excluding hydrogens is 168 g/mol. The Balaban J connectivity index is 2.58. The minimum Gasteiger partial charge on any atom is -0.292 e. The molecule has 1 aromatic heterocycles. The largest absolute Gasteiger partial charge is 0.292 e. The lowest BCUT2D eigenvalue weighted by molar-refractivity contribution is -0.114. The van der Waals surface area contributed by atoms with Crippen molar-refractivity contribution in [2.24, 2.45) is 0 Å². The van der Waals surface area contributed by atoms with Gasteiger partial charge >= 0.3 is 0 Å². The predicted molar refractivity (Wildman–Crippen MR) is 39.2 cm³/mol. The Morgan fingerprint density at radius 2 is 2.45 bits per heavy atom. The summed E-state index contributed by atoms with van der Waals surface area (Å²) in [7, 11) is 0. The second-order valence-corrected chi connectivity index (χ2v) is 1.92. The van der Waals surface area contributed by atoms with E-state index in [4.69, 9.17) is 11.6 Å². The van der Waals surface area contributed by atoms with E-state index >= 15 is 0 Å². The van der Waals surface area contributed by atoms with Crippen LogP contribution in [0.25, 0.3) is 0 Å². The number of nitrogens with one attached hydrogen (secondary N) is 1. The van der Waals surface area contributed by atoms with E-state index in [0.29, 0.717) is 0 Å². The van der Waals surface area contributed by atoms with Gasteiger partial charge in [-0.05, 0) is 0 Å². The summed E-state index contributed by atoms with van der Waals surface area (Å²) in [5, 5.41) is 9.35. The number of halogens is 1. The Morgan fingerprint density at radius 1 is 1.64 bits per heavy atom. The highest BCUT2D eigenvalue weighted by Crippen LogP contribution is 1.91. The lowest BCUT2D eigenvalue weighted by Crippen LogP contribution is -2.14. The summed E-state index contributed by atoms with van der Waals surface area (Å²) in [5.74, 6) is -0.295. The summed E-state index contributed by atoms with van der Waals surface area (Å²) in [6, 6.07) is 0. The van der Waals surface area contributed by atoms with Gasteiger partial charge in [-0.15, -0.1) is 16.7 Å². The Morgan fingerprint density at radius 3 is 3.00 bits per heavy atom. The first kappa shape index (κ1) is 7.87. The van der Waals surface area contributed by atoms with Crippen LogP contribution in [-0.2, 0) is 4.79 Å². The molecule has 6 heteroatoms. The minimum absolute atomic E-state index is 0.113. The van der Waals surface area contributed by atoms with E-state index in [2.05, 4.69) is 20.5 Å². The number of hydrogen-bond donors (Lipinski definition) is 1. The van der Waals surface area contributed by atoms with Crippen LogP contribution in [0.2, 0.25) is 0 Å². The van der Waals surface area contributed by atoms with Crippen LogP contribution in [0, 0.1) is 0 Å². The van der Waals surface area contributed by atoms with Crippen LogP contribution in [0.1, 0.15) is 0 Å². The minimum atomic E-state index is -0.348. The molecule has 0 aromatic carbocycles. The van der Waals surface area contributed by atoms with E-state index in [1.165, 1.54) is 12.4 Å². The number of amides is 1. The van der Waals surface area contributed by atoms with Gasteiger partial charge in [0.05, 0.1) is 12.4 Å². The van der Waals surface area contributed by atoms with Gasteiger partial charge in [0.1, 0.15) is 5.88 Å². The molecule has 0 saturated carbocycles. The molecule has 0 saturated heterocycles. The van der Waals surface area contributed by atoms with Gasteiger partial charge in [0.15, 0.2) is 0 Å². The van der Waals surface area contributed by atoms with Gasteiger partial charge in [0.25, 0.3) is 0 Å². The number of anilines is 1. The maximum atomic E-state index is 10.6. The first-order valence-electron chi connectivity index (χ1n) is 2.82. The molecule has 0 aliphatic heterocycles. The number of carbonyl (C=O) groups excluding carboxylic acids is 1. The predicted octanol–water partition coefficient (Wildman–Crippen LogP) is 0.0489. The summed E-state index contributed by atoms with van der Waals surface area (Å²) in [6.45, 7) is 0. The van der Waals surface area contributed by atoms with Crippen LogP contribution in [0.5, 0.6) is 0 Å². The maximum absolute atomic E-state index is 10.6. The summed E-state index contributed by atoms with van der Waals surface area (Å²) in [6.07, 6.45) is 2.84. The Labute approximate surface area is 67.8 Å². The molecule has 0 unspecified atom stereocenters. The molecule has 0 radical (unpaired) electrons. The van der Waals surface area contributed by atoms with Crippen molar-refractivity contribution < 1.29 is 4.79 Å². The molecular formula is C5H5ClN4O. The zero-order valence-corrected chi connectivity index (χ0v) is 6.25. The fourth-order valence-corrected chi connectivity index (χ4v) is 0.530. The second-order valence-electron chi connectivity index (χ2n) is 1.65. The monoisotopic (exact) mass is 172 g/mol. The molecule has 1 rings (SSSR count). The van der Waals surface area contributed by atoms with Gasteiger partial charge < -0.3 is 0 Å². The van der Waals surface area contributed by atoms with Crippen LogP contribution < -0.4 is 5.32 Å². The standard InChI is InChI=1S/C5H5ClN4O/c6-3-4(11)9-5-7-1-2-8-10-5/h1-2H,3H2,(H,7,9,10,11). The fourth-order valence-electron chi connectivity index (χ4n) is 0.463. The molecule has 11 heavy (non-hydrogen) atoms. The number of aromatic nitrogens is 3. The first-order valence-corrected chi connectivity index (χ1v) is 3.36. The number of hydrogen-bond acceptors (Lipinski definition) is 4. The first-order chi connectivity index (χ1) is 5.33. The van der Waals surface area contributed by atoms with E-state index in [-0.39, 0.29) is 17.7 Å². The molecule has 1 N–H and O–H groups in total. The van der Waals surface area contributed by atoms with Crippen molar-refractivity contribution in [3.63, 3.8) is 0 Å². The summed E-state index contributed by atoms with van der Waals surface area (Å²) in [5.41, 5.74) is 0. The second kappa shape index (κ2) is 3.82. The molecule has 58 valence electrons. The third-order valence-corrected chi connectivity index (χ3v) is 1.10. The number of alkyl halides is 1. The van der Waals surface area contributed by atoms with Gasteiger partial charge in [-0.3, -0.25) is 10.1 Å². The highest BCUT2D eigenvalue weighted by Gasteiger charge is 2.00. The van der Waals surface area contributed by atoms with Crippen molar-refractivity contribution in [2.75, 3.05) is 11.2 Å². The quantitative estimate of drug-likeness (QED) is 0.640. The Bertz CT molecular complexity index is 239. The van der Waals surface area contributed by atoms with Gasteiger partial charge in [0.2, 0.25) is 11.9 Å². The number of rotatable bonds is 2. The molecule has 0 aliphatic rings. The summed E-state index contributed by atoms with van der Waals surface area (Å²) < 4.78 is 0. The number of carbonyl (C=O) groups is 1. The molecule has 0 aliphatic carbocycles. The van der Waals surface area contributed by atoms with E-state index in [9.17, 15) is 4.79 Å². The van der Waals surface area contributed by atoms with Crippen LogP contribution in [-0.4, -0.2) is 27.0 Å². The molecule has 0 atom stereocenters. The average molecular weight is 173 g/mol. The van der Waals surface area contributed by atoms with Crippen LogP contribution in [0.15, 0.2) is 12.4 Å². The molecule has 0 spiro atoms. The normalized spacial score (nSPS) is 9.18. The molecule has 1 heterocycles. The molecule has 1 amide bonds. The fraction of sp³-hybridized carbons (Fsp3) is 0.200. The van der Waals surface area contributed by atoms with Crippen molar-refractivity contribution in [1.29, 1.82) is 0 Å². The molecule has 0 bridgehead atoms. The van der Waals surface area contributed by atoms with Crippen LogP contribution in [0.3, 0.4) is 0 Å². The highest BCUT2D eigenvalue weighted by molar-refractivity contribution is 6.28. The lowest BCUT2D eigenvalue weighted by atomic mass is 10.7.